The van der Waals surface area contributed by atoms with Crippen LogP contribution in [0.1, 0.15) is 0 Å². The molecule has 0 aromatic carbocycles. The van der Waals surface area contributed by atoms with Gasteiger partial charge in [-0.3, -0.25) is 0 Å². The first-order chi connectivity index (χ1) is 12.1. The van der Waals surface area contributed by atoms with Gasteiger partial charge in [-0.1, -0.05) is 0 Å². The summed E-state index contributed by atoms with van der Waals surface area (Å²) in [7, 11) is -25.4. The second-order valence-corrected chi connectivity index (χ2v) is 5.25. The van der Waals surface area contributed by atoms with Crippen molar-refractivity contribution in [2.45, 2.75) is 0 Å². The number of hydrogen-bond donors (Lipinski definition) is 0. The van der Waals surface area contributed by atoms with E-state index in [4.69, 9.17) is 98.4 Å². The van der Waals surface area contributed by atoms with Gasteiger partial charge in [-0.2, -0.15) is 0 Å². The van der Waals surface area contributed by atoms with Crippen LogP contribution >= 0.6 is 0 Å². The Hall–Kier alpha value is 0.939. The van der Waals surface area contributed by atoms with Gasteiger partial charge in [-0.05, 0) is 0 Å². The van der Waals surface area contributed by atoms with E-state index in [1.54, 1.807) is 0 Å². The van der Waals surface area contributed by atoms with Gasteiger partial charge in [0, 0.05) is 64.2 Å². The molecule has 0 bridgehead atoms. The van der Waals surface area contributed by atoms with E-state index in [2.05, 4.69) is 0 Å². The summed E-state index contributed by atoms with van der Waals surface area (Å²) < 4.78 is 59.6. The van der Waals surface area contributed by atoms with E-state index in [0.29, 0.717) is 0 Å². The third kappa shape index (κ3) is 35800. The summed E-state index contributed by atoms with van der Waals surface area (Å²) >= 11 is 0. The Balaban J connectivity index is -0.0000000152. The van der Waals surface area contributed by atoms with Crippen molar-refractivity contribution in [3.63, 3.8) is 0 Å². The molecule has 173 valence electrons. The van der Waals surface area contributed by atoms with E-state index >= 15 is 0 Å². The predicted octanol–water partition coefficient (Wildman–Crippen LogP) is -21.7. The molecule has 21 nitrogen and oxygen atoms in total. The Morgan fingerprint density at radius 2 is 0.333 bits per heavy atom. The van der Waals surface area contributed by atoms with Crippen LogP contribution in [0.2, 0.25) is 0 Å². The van der Waals surface area contributed by atoms with Gasteiger partial charge in [0.15, 0.2) is 0 Å². The van der Waals surface area contributed by atoms with E-state index in [-0.39, 0.29) is 113 Å². The second-order valence-electron chi connectivity index (χ2n) is 1.75. The van der Waals surface area contributed by atoms with Crippen molar-refractivity contribution in [3.8, 4) is 0 Å². The van der Waals surface area contributed by atoms with Crippen molar-refractivity contribution >= 4 is 160 Å². The minimum Gasteiger partial charge on any atom is -0.672 e. The maximum Gasteiger partial charge on any atom is 4.00 e. The fraction of sp³-hybridized carbons (Fsp3) is 0. The summed E-state index contributed by atoms with van der Waals surface area (Å²) in [5, 5.41) is 0. The Kier molecular flexibility index (Phi) is 162. The monoisotopic (exact) mass is 753 g/mol. The van der Waals surface area contributed by atoms with E-state index in [0.717, 1.165) is 0 Å². The summed E-state index contributed by atoms with van der Waals surface area (Å²) in [5.74, 6) is 0. The molecule has 0 aromatic heterocycles. The van der Waals surface area contributed by atoms with Gasteiger partial charge in [0.25, 0.3) is 0 Å². The van der Waals surface area contributed by atoms with Crippen molar-refractivity contribution in [1.82, 2.24) is 0 Å². The molecule has 0 saturated carbocycles. The SMILES string of the molecule is O=[Si]([O-])[O-].O=[Si]([O-])[O-].O=[Si]([O-])[O-].O=[Si]([O-])[O-].O=[Si]([O-])[O-].O=[Si]([O-])[O-].O=[Si]([O-])[O-].[Al+3].[Ca+2].[Fe+3].[Ge+4].[Mg+2]. The summed E-state index contributed by atoms with van der Waals surface area (Å²) in [5.41, 5.74) is 0. The molecule has 0 saturated heterocycles. The van der Waals surface area contributed by atoms with Crippen molar-refractivity contribution < 1.29 is 115 Å². The van der Waals surface area contributed by atoms with E-state index < -0.39 is 64.2 Å². The maximum atomic E-state index is 8.52. The molecule has 0 aromatic rings. The van der Waals surface area contributed by atoms with E-state index in [1.165, 1.54) is 0 Å². The quantitative estimate of drug-likeness (QED) is 0.207. The Morgan fingerprint density at radius 1 is 0.333 bits per heavy atom. The molecule has 0 aliphatic heterocycles. The van der Waals surface area contributed by atoms with Crippen molar-refractivity contribution in [2.75, 3.05) is 0 Å². The van der Waals surface area contributed by atoms with Crippen LogP contribution in [0.15, 0.2) is 0 Å². The third-order valence-electron chi connectivity index (χ3n) is 0. The Labute approximate surface area is 272 Å². The van der Waals surface area contributed by atoms with Crippen molar-refractivity contribution in [2.24, 2.45) is 0 Å². The van der Waals surface area contributed by atoms with Gasteiger partial charge in [-0.15, -0.1) is 0 Å². The molecule has 0 aliphatic carbocycles. The molecule has 0 aliphatic rings. The first-order valence-corrected chi connectivity index (χ1v) is 12.9. The summed E-state index contributed by atoms with van der Waals surface area (Å²) in [4.78, 5) is 119. The van der Waals surface area contributed by atoms with Crippen LogP contribution in [0, 0.1) is 0 Å². The van der Waals surface area contributed by atoms with Crippen molar-refractivity contribution in [3.05, 3.63) is 0 Å². The summed E-state index contributed by atoms with van der Waals surface area (Å²) in [6.07, 6.45) is 0. The molecule has 0 spiro atoms. The van der Waals surface area contributed by atoms with Gasteiger partial charge in [-0.25, -0.2) is 0 Å². The normalized spacial score (nSPS) is 5.09. The predicted molar refractivity (Wildman–Crippen MR) is 68.1 cm³/mol. The van der Waals surface area contributed by atoms with Gasteiger partial charge < -0.3 is 98.4 Å². The van der Waals surface area contributed by atoms with E-state index in [1.807, 2.05) is 0 Å². The topological polar surface area (TPSA) is 442 Å². The molecular weight excluding hydrogens is 752 g/mol. The molecule has 0 heterocycles. The van der Waals surface area contributed by atoms with Crippen LogP contribution in [0.3, 0.4) is 0 Å². The van der Waals surface area contributed by atoms with Crippen LogP contribution in [0.4, 0.5) is 0 Å². The molecule has 0 N–H and O–H groups in total. The van der Waals surface area contributed by atoms with Crippen molar-refractivity contribution in [1.29, 1.82) is 0 Å². The standard InChI is InChI=1S/Al.Ca.Fe.Ge.Mg.7O3Si/c;;;;;7*1-4(2)3/q+3;+2;+3;+4;+2;7*-2. The average molecular weight is 752 g/mol. The molecule has 33 heteroatoms. The van der Waals surface area contributed by atoms with Gasteiger partial charge >= 0.3 is 113 Å². The Bertz CT molecular complexity index is 334. The molecular formula is AlCaFeGeMgO21Si7. The minimum atomic E-state index is -3.63. The smallest absolute Gasteiger partial charge is 0.672 e. The van der Waals surface area contributed by atoms with Crippen LogP contribution in [0.5, 0.6) is 0 Å². The van der Waals surface area contributed by atoms with Crippen LogP contribution < -0.4 is 67.1 Å². The first kappa shape index (κ1) is 76.5. The molecule has 0 fully saturated rings. The van der Waals surface area contributed by atoms with Crippen LogP contribution in [0.25, 0.3) is 0 Å². The molecule has 1 radical (unpaired) electrons. The maximum absolute atomic E-state index is 8.52. The average Bonchev–Trinajstić information content (AvgIpc) is 2.20. The van der Waals surface area contributed by atoms with Gasteiger partial charge in [0.05, 0.1) is 0 Å². The summed E-state index contributed by atoms with van der Waals surface area (Å²) in [6.45, 7) is 0. The molecule has 0 unspecified atom stereocenters. The fourth-order valence-corrected chi connectivity index (χ4v) is 0. The molecule has 0 rings (SSSR count). The fourth-order valence-electron chi connectivity index (χ4n) is 0. The van der Waals surface area contributed by atoms with Gasteiger partial charge in [0.1, 0.15) is 0 Å². The first-order valence-electron chi connectivity index (χ1n) is 4.29. The van der Waals surface area contributed by atoms with Gasteiger partial charge in [0.2, 0.25) is 0 Å². The molecule has 33 heavy (non-hydrogen) atoms. The zero-order valence-electron chi connectivity index (χ0n) is 14.9. The zero-order valence-corrected chi connectivity index (χ0v) is 29.9. The molecule has 0 atom stereocenters. The van der Waals surface area contributed by atoms with Crippen LogP contribution in [-0.4, -0.2) is 160 Å². The minimum absolute atomic E-state index is 0. The summed E-state index contributed by atoms with van der Waals surface area (Å²) in [6, 6.07) is 0. The number of rotatable bonds is 0. The second kappa shape index (κ2) is 69.8. The van der Waals surface area contributed by atoms with Crippen LogP contribution in [-0.2, 0) is 48.3 Å². The largest absolute Gasteiger partial charge is 4.00 e. The Morgan fingerprint density at radius 3 is 0.333 bits per heavy atom. The molecule has 0 amide bonds. The zero-order chi connectivity index (χ0) is 25.0. The number of hydrogen-bond acceptors (Lipinski definition) is 21. The third-order valence-corrected chi connectivity index (χ3v) is 0. The van der Waals surface area contributed by atoms with E-state index in [9.17, 15) is 0 Å².